The summed E-state index contributed by atoms with van der Waals surface area (Å²) >= 11 is 0. The van der Waals surface area contributed by atoms with Crippen molar-refractivity contribution in [2.75, 3.05) is 13.1 Å². The first-order valence-corrected chi connectivity index (χ1v) is 8.11. The zero-order valence-corrected chi connectivity index (χ0v) is 13.2. The largest absolute Gasteiger partial charge is 0.481 e. The van der Waals surface area contributed by atoms with Crippen molar-refractivity contribution in [2.45, 2.75) is 58.4 Å². The molecule has 2 aliphatic rings. The summed E-state index contributed by atoms with van der Waals surface area (Å²) in [4.78, 5) is 25.7. The molecule has 2 rings (SSSR count). The maximum absolute atomic E-state index is 12.9. The van der Waals surface area contributed by atoms with E-state index in [0.717, 1.165) is 38.6 Å². The first-order valence-electron chi connectivity index (χ1n) is 8.11. The van der Waals surface area contributed by atoms with Crippen LogP contribution < -0.4 is 5.73 Å². The van der Waals surface area contributed by atoms with Crippen LogP contribution >= 0.6 is 0 Å². The van der Waals surface area contributed by atoms with Gasteiger partial charge in [0.05, 0.1) is 5.41 Å². The van der Waals surface area contributed by atoms with Crippen molar-refractivity contribution >= 4 is 11.9 Å². The second-order valence-electron chi connectivity index (χ2n) is 7.14. The fourth-order valence-electron chi connectivity index (χ4n) is 3.92. The van der Waals surface area contributed by atoms with Gasteiger partial charge in [-0.1, -0.05) is 13.3 Å². The van der Waals surface area contributed by atoms with Crippen molar-refractivity contribution < 1.29 is 14.7 Å². The number of carboxylic acids is 1. The van der Waals surface area contributed by atoms with Gasteiger partial charge >= 0.3 is 5.97 Å². The molecule has 1 aliphatic heterocycles. The van der Waals surface area contributed by atoms with Gasteiger partial charge in [-0.05, 0) is 44.4 Å². The minimum absolute atomic E-state index is 0.0400. The van der Waals surface area contributed by atoms with Crippen molar-refractivity contribution in [3.63, 3.8) is 0 Å². The van der Waals surface area contributed by atoms with Crippen LogP contribution in [0, 0.1) is 17.3 Å². The summed E-state index contributed by atoms with van der Waals surface area (Å²) in [5.74, 6) is -0.168. The molecule has 5 nitrogen and oxygen atoms in total. The van der Waals surface area contributed by atoms with Gasteiger partial charge in [0.15, 0.2) is 0 Å². The number of aliphatic carboxylic acids is 1. The number of likely N-dealkylation sites (tertiary alicyclic amines) is 1. The minimum Gasteiger partial charge on any atom is -0.481 e. The molecule has 2 fully saturated rings. The molecular formula is C16H28N2O3. The molecule has 0 aromatic carbocycles. The van der Waals surface area contributed by atoms with E-state index in [0.29, 0.717) is 12.5 Å². The first-order chi connectivity index (χ1) is 9.84. The SMILES string of the molecule is CC(CC(=O)O)C1CCCN(C(=O)C2(C)CCCC2N)C1. The Labute approximate surface area is 126 Å². The zero-order valence-electron chi connectivity index (χ0n) is 13.2. The summed E-state index contributed by atoms with van der Waals surface area (Å²) in [5.41, 5.74) is 5.74. The highest BCUT2D eigenvalue weighted by atomic mass is 16.4. The zero-order chi connectivity index (χ0) is 15.6. The van der Waals surface area contributed by atoms with Gasteiger partial charge < -0.3 is 15.7 Å². The molecule has 1 amide bonds. The third-order valence-corrected chi connectivity index (χ3v) is 5.56. The number of rotatable bonds is 4. The van der Waals surface area contributed by atoms with Crippen LogP contribution in [-0.4, -0.2) is 41.0 Å². The van der Waals surface area contributed by atoms with Crippen LogP contribution in [0.15, 0.2) is 0 Å². The highest BCUT2D eigenvalue weighted by molar-refractivity contribution is 5.83. The van der Waals surface area contributed by atoms with Gasteiger partial charge in [-0.3, -0.25) is 9.59 Å². The summed E-state index contributed by atoms with van der Waals surface area (Å²) in [6, 6.07) is -0.0400. The molecule has 0 aromatic heterocycles. The van der Waals surface area contributed by atoms with E-state index in [2.05, 4.69) is 0 Å². The predicted octanol–water partition coefficient (Wildman–Crippen LogP) is 1.85. The topological polar surface area (TPSA) is 83.6 Å². The van der Waals surface area contributed by atoms with Gasteiger partial charge in [0, 0.05) is 25.6 Å². The second-order valence-corrected chi connectivity index (χ2v) is 7.14. The third-order valence-electron chi connectivity index (χ3n) is 5.56. The molecule has 5 heteroatoms. The molecule has 120 valence electrons. The molecule has 4 atom stereocenters. The number of nitrogens with two attached hydrogens (primary N) is 1. The highest BCUT2D eigenvalue weighted by Gasteiger charge is 2.46. The Morgan fingerprint density at radius 3 is 2.67 bits per heavy atom. The monoisotopic (exact) mass is 296 g/mol. The molecule has 1 aliphatic carbocycles. The van der Waals surface area contributed by atoms with E-state index in [-0.39, 0.29) is 24.3 Å². The number of piperidine rings is 1. The lowest BCUT2D eigenvalue weighted by Crippen LogP contribution is -2.52. The Morgan fingerprint density at radius 1 is 1.38 bits per heavy atom. The quantitative estimate of drug-likeness (QED) is 0.829. The van der Waals surface area contributed by atoms with Crippen LogP contribution in [0.5, 0.6) is 0 Å². The number of hydrogen-bond acceptors (Lipinski definition) is 3. The van der Waals surface area contributed by atoms with Crippen molar-refractivity contribution in [1.29, 1.82) is 0 Å². The van der Waals surface area contributed by atoms with E-state index in [1.54, 1.807) is 0 Å². The summed E-state index contributed by atoms with van der Waals surface area (Å²) in [6.45, 7) is 5.46. The summed E-state index contributed by atoms with van der Waals surface area (Å²) < 4.78 is 0. The molecular weight excluding hydrogens is 268 g/mol. The third kappa shape index (κ3) is 3.39. The summed E-state index contributed by atoms with van der Waals surface area (Å²) in [6.07, 6.45) is 4.99. The number of carboxylic acid groups (broad SMARTS) is 1. The minimum atomic E-state index is -0.754. The van der Waals surface area contributed by atoms with Crippen LogP contribution in [0.2, 0.25) is 0 Å². The molecule has 1 saturated carbocycles. The lowest BCUT2D eigenvalue weighted by Gasteiger charge is -2.40. The van der Waals surface area contributed by atoms with E-state index < -0.39 is 11.4 Å². The van der Waals surface area contributed by atoms with E-state index in [9.17, 15) is 9.59 Å². The van der Waals surface area contributed by atoms with E-state index >= 15 is 0 Å². The van der Waals surface area contributed by atoms with E-state index in [4.69, 9.17) is 10.8 Å². The maximum atomic E-state index is 12.9. The highest BCUT2D eigenvalue weighted by Crippen LogP contribution is 2.39. The van der Waals surface area contributed by atoms with Gasteiger partial charge in [-0.2, -0.15) is 0 Å². The van der Waals surface area contributed by atoms with Crippen LogP contribution in [0.1, 0.15) is 52.4 Å². The van der Waals surface area contributed by atoms with Crippen LogP contribution in [0.25, 0.3) is 0 Å². The predicted molar refractivity (Wildman–Crippen MR) is 80.7 cm³/mol. The number of carbonyl (C=O) groups is 2. The number of carbonyl (C=O) groups excluding carboxylic acids is 1. The average Bonchev–Trinajstić information content (AvgIpc) is 2.78. The van der Waals surface area contributed by atoms with Crippen molar-refractivity contribution in [3.05, 3.63) is 0 Å². The van der Waals surface area contributed by atoms with Crippen molar-refractivity contribution in [3.8, 4) is 0 Å². The molecule has 0 bridgehead atoms. The van der Waals surface area contributed by atoms with Crippen LogP contribution in [0.3, 0.4) is 0 Å². The van der Waals surface area contributed by atoms with Gasteiger partial charge in [0.25, 0.3) is 0 Å². The van der Waals surface area contributed by atoms with Gasteiger partial charge in [-0.15, -0.1) is 0 Å². The molecule has 0 aromatic rings. The van der Waals surface area contributed by atoms with Crippen LogP contribution in [0.4, 0.5) is 0 Å². The van der Waals surface area contributed by atoms with E-state index in [1.165, 1.54) is 0 Å². The number of amides is 1. The van der Waals surface area contributed by atoms with Gasteiger partial charge in [-0.25, -0.2) is 0 Å². The van der Waals surface area contributed by atoms with Gasteiger partial charge in [0.1, 0.15) is 0 Å². The smallest absolute Gasteiger partial charge is 0.303 e. The fourth-order valence-corrected chi connectivity index (χ4v) is 3.92. The lowest BCUT2D eigenvalue weighted by atomic mass is 9.80. The summed E-state index contributed by atoms with van der Waals surface area (Å²) in [5, 5.41) is 8.94. The number of nitrogens with zero attached hydrogens (tertiary/aromatic N) is 1. The molecule has 1 heterocycles. The molecule has 1 saturated heterocycles. The molecule has 21 heavy (non-hydrogen) atoms. The molecule has 0 radical (unpaired) electrons. The lowest BCUT2D eigenvalue weighted by molar-refractivity contribution is -0.144. The Balaban J connectivity index is 2.00. The van der Waals surface area contributed by atoms with Crippen LogP contribution in [-0.2, 0) is 9.59 Å². The Hall–Kier alpha value is -1.10. The molecule has 3 N–H and O–H groups in total. The first kappa shape index (κ1) is 16.3. The fraction of sp³-hybridized carbons (Fsp3) is 0.875. The summed E-state index contributed by atoms with van der Waals surface area (Å²) in [7, 11) is 0. The Kier molecular flexibility index (Phi) is 4.91. The van der Waals surface area contributed by atoms with Crippen molar-refractivity contribution in [1.82, 2.24) is 4.90 Å². The van der Waals surface area contributed by atoms with Gasteiger partial charge in [0.2, 0.25) is 5.91 Å². The maximum Gasteiger partial charge on any atom is 0.303 e. The Morgan fingerprint density at radius 2 is 2.10 bits per heavy atom. The normalized spacial score (nSPS) is 34.7. The number of hydrogen-bond donors (Lipinski definition) is 2. The molecule has 4 unspecified atom stereocenters. The second kappa shape index (κ2) is 6.34. The molecule has 0 spiro atoms. The van der Waals surface area contributed by atoms with Crippen molar-refractivity contribution in [2.24, 2.45) is 23.0 Å². The average molecular weight is 296 g/mol. The van der Waals surface area contributed by atoms with E-state index in [1.807, 2.05) is 18.7 Å². The standard InChI is InChI=1S/C16H28N2O3/c1-11(9-14(19)20)12-5-4-8-18(10-12)15(21)16(2)7-3-6-13(16)17/h11-13H,3-10,17H2,1-2H3,(H,19,20). The Bertz CT molecular complexity index is 412.